The third-order valence-corrected chi connectivity index (χ3v) is 5.14. The first-order valence-corrected chi connectivity index (χ1v) is 9.41. The Kier molecular flexibility index (Phi) is 4.87. The first-order chi connectivity index (χ1) is 12.8. The fourth-order valence-corrected chi connectivity index (χ4v) is 3.69. The second-order valence-corrected chi connectivity index (χ2v) is 6.89. The highest BCUT2D eigenvalue weighted by Gasteiger charge is 2.12. The summed E-state index contributed by atoms with van der Waals surface area (Å²) in [5.74, 6) is -0.00418. The molecule has 1 aliphatic heterocycles. The monoisotopic (exact) mass is 344 g/mol. The number of anilines is 1. The number of hydrogen-bond donors (Lipinski definition) is 1. The Morgan fingerprint density at radius 1 is 0.885 bits per heavy atom. The normalized spacial score (nSPS) is 13.9. The standard InChI is InChI=1S/C23H24N2O/c26-23(22-9-5-7-19-6-1-2-8-21(19)22)24-15-14-18-10-12-20(13-11-18)25-16-3-4-17-25/h1-2,5-13H,3-4,14-17H2,(H,24,26). The van der Waals surface area contributed by atoms with Crippen LogP contribution in [0.4, 0.5) is 5.69 Å². The van der Waals surface area contributed by atoms with Crippen molar-refractivity contribution in [2.75, 3.05) is 24.5 Å². The van der Waals surface area contributed by atoms with Gasteiger partial charge in [0, 0.05) is 30.9 Å². The number of benzene rings is 3. The van der Waals surface area contributed by atoms with Crippen LogP contribution < -0.4 is 10.2 Å². The quantitative estimate of drug-likeness (QED) is 0.743. The number of fused-ring (bicyclic) bond motifs is 1. The van der Waals surface area contributed by atoms with Crippen LogP contribution in [-0.4, -0.2) is 25.5 Å². The van der Waals surface area contributed by atoms with Crippen LogP contribution in [-0.2, 0) is 6.42 Å². The van der Waals surface area contributed by atoms with Gasteiger partial charge in [-0.05, 0) is 53.8 Å². The van der Waals surface area contributed by atoms with Crippen LogP contribution in [0.2, 0.25) is 0 Å². The van der Waals surface area contributed by atoms with Crippen LogP contribution in [0.25, 0.3) is 10.8 Å². The molecular formula is C23H24N2O. The summed E-state index contributed by atoms with van der Waals surface area (Å²) in [6.07, 6.45) is 3.43. The van der Waals surface area contributed by atoms with E-state index in [0.717, 1.165) is 22.8 Å². The molecule has 0 saturated carbocycles. The lowest BCUT2D eigenvalue weighted by molar-refractivity contribution is 0.0956. The molecule has 1 heterocycles. The minimum absolute atomic E-state index is 0.00418. The van der Waals surface area contributed by atoms with Crippen LogP contribution in [0.1, 0.15) is 28.8 Å². The highest BCUT2D eigenvalue weighted by Crippen LogP contribution is 2.21. The van der Waals surface area contributed by atoms with E-state index in [1.54, 1.807) is 0 Å². The van der Waals surface area contributed by atoms with Gasteiger partial charge in [-0.3, -0.25) is 4.79 Å². The lowest BCUT2D eigenvalue weighted by atomic mass is 10.0. The summed E-state index contributed by atoms with van der Waals surface area (Å²) in [4.78, 5) is 15.0. The fraction of sp³-hybridized carbons (Fsp3) is 0.261. The van der Waals surface area contributed by atoms with E-state index >= 15 is 0 Å². The zero-order valence-electron chi connectivity index (χ0n) is 14.9. The molecule has 1 amide bonds. The van der Waals surface area contributed by atoms with E-state index in [0.29, 0.717) is 6.54 Å². The topological polar surface area (TPSA) is 32.3 Å². The van der Waals surface area contributed by atoms with Gasteiger partial charge >= 0.3 is 0 Å². The van der Waals surface area contributed by atoms with Crippen LogP contribution >= 0.6 is 0 Å². The van der Waals surface area contributed by atoms with Crippen molar-refractivity contribution in [3.63, 3.8) is 0 Å². The van der Waals surface area contributed by atoms with Crippen molar-refractivity contribution in [2.45, 2.75) is 19.3 Å². The third-order valence-electron chi connectivity index (χ3n) is 5.14. The average molecular weight is 344 g/mol. The molecule has 1 N–H and O–H groups in total. The molecule has 0 unspecified atom stereocenters. The summed E-state index contributed by atoms with van der Waals surface area (Å²) in [7, 11) is 0. The van der Waals surface area contributed by atoms with Gasteiger partial charge in [0.2, 0.25) is 0 Å². The van der Waals surface area contributed by atoms with E-state index in [1.807, 2.05) is 42.5 Å². The summed E-state index contributed by atoms with van der Waals surface area (Å²) >= 11 is 0. The molecule has 132 valence electrons. The number of rotatable bonds is 5. The Hall–Kier alpha value is -2.81. The van der Waals surface area contributed by atoms with Gasteiger partial charge in [-0.2, -0.15) is 0 Å². The Labute approximate surface area is 154 Å². The van der Waals surface area contributed by atoms with E-state index < -0.39 is 0 Å². The first-order valence-electron chi connectivity index (χ1n) is 9.41. The Bertz CT molecular complexity index is 890. The molecule has 3 aromatic carbocycles. The van der Waals surface area contributed by atoms with Crippen molar-refractivity contribution in [1.82, 2.24) is 5.32 Å². The lowest BCUT2D eigenvalue weighted by Gasteiger charge is -2.17. The van der Waals surface area contributed by atoms with Gasteiger partial charge in [0.15, 0.2) is 0 Å². The molecule has 0 aromatic heterocycles. The molecule has 3 nitrogen and oxygen atoms in total. The number of carbonyl (C=O) groups excluding carboxylic acids is 1. The molecule has 1 fully saturated rings. The van der Waals surface area contributed by atoms with Crippen molar-refractivity contribution >= 4 is 22.4 Å². The van der Waals surface area contributed by atoms with Crippen LogP contribution in [0, 0.1) is 0 Å². The minimum atomic E-state index is -0.00418. The van der Waals surface area contributed by atoms with Crippen LogP contribution in [0.15, 0.2) is 66.7 Å². The van der Waals surface area contributed by atoms with Gasteiger partial charge in [-0.1, -0.05) is 48.5 Å². The molecule has 0 bridgehead atoms. The summed E-state index contributed by atoms with van der Waals surface area (Å²) in [5.41, 5.74) is 3.31. The molecular weight excluding hydrogens is 320 g/mol. The van der Waals surface area contributed by atoms with Crippen molar-refractivity contribution in [1.29, 1.82) is 0 Å². The van der Waals surface area contributed by atoms with Gasteiger partial charge in [0.1, 0.15) is 0 Å². The molecule has 0 spiro atoms. The zero-order valence-corrected chi connectivity index (χ0v) is 14.9. The molecule has 4 rings (SSSR count). The molecule has 0 aliphatic carbocycles. The largest absolute Gasteiger partial charge is 0.372 e. The summed E-state index contributed by atoms with van der Waals surface area (Å²) in [5, 5.41) is 5.16. The highest BCUT2D eigenvalue weighted by molar-refractivity contribution is 6.06. The number of amides is 1. The average Bonchev–Trinajstić information content (AvgIpc) is 3.23. The second-order valence-electron chi connectivity index (χ2n) is 6.89. The molecule has 1 saturated heterocycles. The van der Waals surface area contributed by atoms with E-state index in [4.69, 9.17) is 0 Å². The van der Waals surface area contributed by atoms with E-state index in [1.165, 1.54) is 37.2 Å². The number of hydrogen-bond acceptors (Lipinski definition) is 2. The van der Waals surface area contributed by atoms with Crippen molar-refractivity contribution in [3.8, 4) is 0 Å². The van der Waals surface area contributed by atoms with Crippen molar-refractivity contribution in [2.24, 2.45) is 0 Å². The molecule has 26 heavy (non-hydrogen) atoms. The number of nitrogens with one attached hydrogen (secondary N) is 1. The van der Waals surface area contributed by atoms with Crippen molar-refractivity contribution in [3.05, 3.63) is 77.9 Å². The molecule has 1 aliphatic rings. The van der Waals surface area contributed by atoms with Crippen LogP contribution in [0.5, 0.6) is 0 Å². The van der Waals surface area contributed by atoms with Gasteiger partial charge < -0.3 is 10.2 Å². The second kappa shape index (κ2) is 7.61. The summed E-state index contributed by atoms with van der Waals surface area (Å²) < 4.78 is 0. The molecule has 3 aromatic rings. The minimum Gasteiger partial charge on any atom is -0.372 e. The maximum atomic E-state index is 12.6. The molecule has 0 radical (unpaired) electrons. The van der Waals surface area contributed by atoms with Gasteiger partial charge in [-0.15, -0.1) is 0 Å². The zero-order chi connectivity index (χ0) is 17.8. The van der Waals surface area contributed by atoms with Gasteiger partial charge in [-0.25, -0.2) is 0 Å². The van der Waals surface area contributed by atoms with Crippen molar-refractivity contribution < 1.29 is 4.79 Å². The lowest BCUT2D eigenvalue weighted by Crippen LogP contribution is -2.25. The molecule has 3 heteroatoms. The smallest absolute Gasteiger partial charge is 0.251 e. The fourth-order valence-electron chi connectivity index (χ4n) is 3.69. The Morgan fingerprint density at radius 3 is 2.42 bits per heavy atom. The highest BCUT2D eigenvalue weighted by atomic mass is 16.1. The molecule has 0 atom stereocenters. The maximum Gasteiger partial charge on any atom is 0.251 e. The third kappa shape index (κ3) is 3.57. The predicted octanol–water partition coefficient (Wildman–Crippen LogP) is 4.41. The Morgan fingerprint density at radius 2 is 1.62 bits per heavy atom. The first kappa shape index (κ1) is 16.6. The summed E-state index contributed by atoms with van der Waals surface area (Å²) in [6.45, 7) is 2.98. The number of nitrogens with zero attached hydrogens (tertiary/aromatic N) is 1. The maximum absolute atomic E-state index is 12.6. The van der Waals surface area contributed by atoms with E-state index in [9.17, 15) is 4.79 Å². The summed E-state index contributed by atoms with van der Waals surface area (Å²) in [6, 6.07) is 22.6. The number of carbonyl (C=O) groups is 1. The predicted molar refractivity (Wildman–Crippen MR) is 108 cm³/mol. The van der Waals surface area contributed by atoms with E-state index in [2.05, 4.69) is 34.5 Å². The SMILES string of the molecule is O=C(NCCc1ccc(N2CCCC2)cc1)c1cccc2ccccc12. The van der Waals surface area contributed by atoms with Crippen LogP contribution in [0.3, 0.4) is 0 Å². The Balaban J connectivity index is 1.36. The van der Waals surface area contributed by atoms with Gasteiger partial charge in [0.25, 0.3) is 5.91 Å². The van der Waals surface area contributed by atoms with Gasteiger partial charge in [0.05, 0.1) is 0 Å². The van der Waals surface area contributed by atoms with E-state index in [-0.39, 0.29) is 5.91 Å².